The molecule has 0 radical (unpaired) electrons. The van der Waals surface area contributed by atoms with Gasteiger partial charge >= 0.3 is 5.97 Å². The monoisotopic (exact) mass is 306 g/mol. The molecule has 20 heavy (non-hydrogen) atoms. The van der Waals surface area contributed by atoms with Gasteiger partial charge in [0.1, 0.15) is 0 Å². The highest BCUT2D eigenvalue weighted by atomic mass is 32.2. The molecule has 2 aliphatic rings. The van der Waals surface area contributed by atoms with Gasteiger partial charge in [0.2, 0.25) is 0 Å². The van der Waals surface area contributed by atoms with Crippen molar-refractivity contribution in [3.05, 3.63) is 0 Å². The van der Waals surface area contributed by atoms with Gasteiger partial charge in [-0.15, -0.1) is 0 Å². The van der Waals surface area contributed by atoms with E-state index in [4.69, 9.17) is 9.84 Å². The number of nitrogens with zero attached hydrogens (tertiary/aromatic N) is 2. The molecule has 0 saturated carbocycles. The van der Waals surface area contributed by atoms with E-state index >= 15 is 0 Å². The number of carbonyl (C=O) groups is 1. The van der Waals surface area contributed by atoms with E-state index in [0.717, 1.165) is 0 Å². The molecule has 0 bridgehead atoms. The summed E-state index contributed by atoms with van der Waals surface area (Å²) in [5.41, 5.74) is 0. The molecule has 116 valence electrons. The van der Waals surface area contributed by atoms with Gasteiger partial charge in [-0.2, -0.15) is 17.0 Å². The van der Waals surface area contributed by atoms with Crippen LogP contribution in [-0.2, 0) is 19.7 Å². The molecule has 0 aromatic carbocycles. The van der Waals surface area contributed by atoms with Crippen LogP contribution in [0.5, 0.6) is 0 Å². The van der Waals surface area contributed by atoms with Crippen molar-refractivity contribution in [3.8, 4) is 0 Å². The topological polar surface area (TPSA) is 87.2 Å². The SMILES string of the molecule is CN(C1CCOCC1)S(=O)(=O)N1CCC(C(=O)O)CC1. The van der Waals surface area contributed by atoms with Gasteiger partial charge in [-0.05, 0) is 25.7 Å². The van der Waals surface area contributed by atoms with Gasteiger partial charge in [0.15, 0.2) is 0 Å². The minimum atomic E-state index is -3.49. The zero-order chi connectivity index (χ0) is 14.8. The summed E-state index contributed by atoms with van der Waals surface area (Å²) in [6.45, 7) is 1.75. The van der Waals surface area contributed by atoms with Crippen molar-refractivity contribution in [3.63, 3.8) is 0 Å². The highest BCUT2D eigenvalue weighted by molar-refractivity contribution is 7.86. The maximum absolute atomic E-state index is 12.5. The van der Waals surface area contributed by atoms with Crippen LogP contribution >= 0.6 is 0 Å². The maximum Gasteiger partial charge on any atom is 0.306 e. The Bertz CT molecular complexity index is 439. The first-order valence-electron chi connectivity index (χ1n) is 6.96. The van der Waals surface area contributed by atoms with Crippen LogP contribution < -0.4 is 0 Å². The number of hydrogen-bond donors (Lipinski definition) is 1. The van der Waals surface area contributed by atoms with Crippen molar-refractivity contribution in [1.82, 2.24) is 8.61 Å². The quantitative estimate of drug-likeness (QED) is 0.798. The third kappa shape index (κ3) is 3.30. The van der Waals surface area contributed by atoms with Crippen molar-refractivity contribution in [1.29, 1.82) is 0 Å². The number of carboxylic acids is 1. The lowest BCUT2D eigenvalue weighted by Gasteiger charge is -2.36. The molecule has 0 amide bonds. The molecular formula is C12H22N2O5S. The number of piperidine rings is 1. The molecule has 8 heteroatoms. The molecule has 0 spiro atoms. The summed E-state index contributed by atoms with van der Waals surface area (Å²) >= 11 is 0. The first-order chi connectivity index (χ1) is 9.43. The van der Waals surface area contributed by atoms with Gasteiger partial charge in [-0.3, -0.25) is 4.79 Å². The van der Waals surface area contributed by atoms with E-state index in [1.165, 1.54) is 8.61 Å². The molecule has 2 heterocycles. The zero-order valence-corrected chi connectivity index (χ0v) is 12.5. The Hall–Kier alpha value is -0.700. The van der Waals surface area contributed by atoms with E-state index in [2.05, 4.69) is 0 Å². The second-order valence-corrected chi connectivity index (χ2v) is 7.37. The van der Waals surface area contributed by atoms with Crippen LogP contribution in [0.2, 0.25) is 0 Å². The Balaban J connectivity index is 1.98. The summed E-state index contributed by atoms with van der Waals surface area (Å²) in [6, 6.07) is -0.0223. The van der Waals surface area contributed by atoms with Crippen LogP contribution in [-0.4, -0.2) is 67.5 Å². The molecule has 0 aliphatic carbocycles. The average molecular weight is 306 g/mol. The zero-order valence-electron chi connectivity index (χ0n) is 11.7. The van der Waals surface area contributed by atoms with Crippen LogP contribution in [0.3, 0.4) is 0 Å². The molecular weight excluding hydrogens is 284 g/mol. The van der Waals surface area contributed by atoms with Crippen LogP contribution in [0.15, 0.2) is 0 Å². The molecule has 0 atom stereocenters. The number of carboxylic acid groups (broad SMARTS) is 1. The van der Waals surface area contributed by atoms with Crippen molar-refractivity contribution in [2.75, 3.05) is 33.4 Å². The largest absolute Gasteiger partial charge is 0.481 e. The lowest BCUT2D eigenvalue weighted by Crippen LogP contribution is -2.50. The first-order valence-corrected chi connectivity index (χ1v) is 8.36. The van der Waals surface area contributed by atoms with E-state index in [-0.39, 0.29) is 19.1 Å². The van der Waals surface area contributed by atoms with Crippen molar-refractivity contribution in [2.45, 2.75) is 31.7 Å². The predicted molar refractivity (Wildman–Crippen MR) is 72.5 cm³/mol. The van der Waals surface area contributed by atoms with Crippen molar-refractivity contribution >= 4 is 16.2 Å². The van der Waals surface area contributed by atoms with Crippen molar-refractivity contribution in [2.24, 2.45) is 5.92 Å². The molecule has 2 saturated heterocycles. The Morgan fingerprint density at radius 1 is 1.20 bits per heavy atom. The number of rotatable bonds is 4. The summed E-state index contributed by atoms with van der Waals surface area (Å²) in [6.07, 6.45) is 2.19. The van der Waals surface area contributed by atoms with Gasteiger partial charge in [0, 0.05) is 39.4 Å². The minimum Gasteiger partial charge on any atom is -0.481 e. The van der Waals surface area contributed by atoms with Crippen LogP contribution in [0.4, 0.5) is 0 Å². The summed E-state index contributed by atoms with van der Waals surface area (Å²) in [4.78, 5) is 10.9. The minimum absolute atomic E-state index is 0.0223. The van der Waals surface area contributed by atoms with Crippen LogP contribution in [0.25, 0.3) is 0 Å². The highest BCUT2D eigenvalue weighted by Gasteiger charge is 2.36. The normalized spacial score (nSPS) is 24.1. The van der Waals surface area contributed by atoms with Gasteiger partial charge in [-0.25, -0.2) is 0 Å². The molecule has 1 N–H and O–H groups in total. The van der Waals surface area contributed by atoms with E-state index in [9.17, 15) is 13.2 Å². The average Bonchev–Trinajstić information content (AvgIpc) is 2.47. The Morgan fingerprint density at radius 2 is 1.75 bits per heavy atom. The summed E-state index contributed by atoms with van der Waals surface area (Å²) in [5.74, 6) is -1.25. The number of ether oxygens (including phenoxy) is 1. The molecule has 2 aliphatic heterocycles. The lowest BCUT2D eigenvalue weighted by atomic mass is 9.99. The fourth-order valence-electron chi connectivity index (χ4n) is 2.75. The third-order valence-electron chi connectivity index (χ3n) is 4.20. The fraction of sp³-hybridized carbons (Fsp3) is 0.917. The van der Waals surface area contributed by atoms with E-state index in [0.29, 0.717) is 38.9 Å². The van der Waals surface area contributed by atoms with Gasteiger partial charge in [-0.1, -0.05) is 0 Å². The predicted octanol–water partition coefficient (Wildman–Crippen LogP) is 0.139. The maximum atomic E-state index is 12.5. The van der Waals surface area contributed by atoms with E-state index in [1.54, 1.807) is 7.05 Å². The van der Waals surface area contributed by atoms with Crippen LogP contribution in [0.1, 0.15) is 25.7 Å². The summed E-state index contributed by atoms with van der Waals surface area (Å²) in [5, 5.41) is 8.95. The smallest absolute Gasteiger partial charge is 0.306 e. The number of hydrogen-bond acceptors (Lipinski definition) is 4. The lowest BCUT2D eigenvalue weighted by molar-refractivity contribution is -0.142. The molecule has 2 rings (SSSR count). The Labute approximate surface area is 119 Å². The summed E-state index contributed by atoms with van der Waals surface area (Å²) in [7, 11) is -1.89. The molecule has 0 unspecified atom stereocenters. The molecule has 0 aromatic heterocycles. The van der Waals surface area contributed by atoms with E-state index in [1.807, 2.05) is 0 Å². The summed E-state index contributed by atoms with van der Waals surface area (Å²) < 4.78 is 33.1. The fourth-order valence-corrected chi connectivity index (χ4v) is 4.38. The highest BCUT2D eigenvalue weighted by Crippen LogP contribution is 2.24. The second-order valence-electron chi connectivity index (χ2n) is 5.38. The second kappa shape index (κ2) is 6.38. The number of aliphatic carboxylic acids is 1. The van der Waals surface area contributed by atoms with E-state index < -0.39 is 22.1 Å². The first kappa shape index (κ1) is 15.7. The third-order valence-corrected chi connectivity index (χ3v) is 6.24. The van der Waals surface area contributed by atoms with Crippen LogP contribution in [0, 0.1) is 5.92 Å². The molecule has 7 nitrogen and oxygen atoms in total. The Kier molecular flexibility index (Phi) is 5.00. The van der Waals surface area contributed by atoms with Gasteiger partial charge in [0.05, 0.1) is 5.92 Å². The Morgan fingerprint density at radius 3 is 2.25 bits per heavy atom. The molecule has 0 aromatic rings. The van der Waals surface area contributed by atoms with Gasteiger partial charge in [0.25, 0.3) is 10.2 Å². The standard InChI is InChI=1S/C12H22N2O5S/c1-13(11-4-8-19-9-5-11)20(17,18)14-6-2-10(3-7-14)12(15)16/h10-11H,2-9H2,1H3,(H,15,16). The van der Waals surface area contributed by atoms with Gasteiger partial charge < -0.3 is 9.84 Å². The van der Waals surface area contributed by atoms with Crippen molar-refractivity contribution < 1.29 is 23.1 Å². The molecule has 2 fully saturated rings.